The molecule has 1 rings (SSSR count). The van der Waals surface area contributed by atoms with Gasteiger partial charge in [-0.15, -0.1) is 0 Å². The third-order valence-corrected chi connectivity index (χ3v) is 2.09. The Kier molecular flexibility index (Phi) is 5.00. The number of hydrogen-bond acceptors (Lipinski definition) is 3. The van der Waals surface area contributed by atoms with Gasteiger partial charge in [-0.1, -0.05) is 30.3 Å². The zero-order valence-corrected chi connectivity index (χ0v) is 9.55. The van der Waals surface area contributed by atoms with Crippen LogP contribution < -0.4 is 5.32 Å². The first-order valence-electron chi connectivity index (χ1n) is 5.27. The largest absolute Gasteiger partial charge is 0.465 e. The molecule has 1 aromatic carbocycles. The molecule has 0 saturated carbocycles. The van der Waals surface area contributed by atoms with Gasteiger partial charge < -0.3 is 15.2 Å². The predicted molar refractivity (Wildman–Crippen MR) is 61.5 cm³/mol. The van der Waals surface area contributed by atoms with Crippen LogP contribution in [0.4, 0.5) is 4.79 Å². The van der Waals surface area contributed by atoms with Gasteiger partial charge in [0.2, 0.25) is 0 Å². The lowest BCUT2D eigenvalue weighted by atomic mass is 10.2. The van der Waals surface area contributed by atoms with Crippen molar-refractivity contribution in [3.05, 3.63) is 35.9 Å². The molecule has 0 bridgehead atoms. The van der Waals surface area contributed by atoms with E-state index in [1.54, 1.807) is 6.92 Å². The maximum Gasteiger partial charge on any atom is 0.404 e. The highest BCUT2D eigenvalue weighted by Crippen LogP contribution is 2.02. The molecule has 1 aromatic rings. The number of esters is 1. The summed E-state index contributed by atoms with van der Waals surface area (Å²) < 4.78 is 5.01. The highest BCUT2D eigenvalue weighted by molar-refractivity contribution is 5.71. The van der Waals surface area contributed by atoms with E-state index in [1.807, 2.05) is 30.3 Å². The van der Waals surface area contributed by atoms with Crippen molar-refractivity contribution in [1.29, 1.82) is 0 Å². The highest BCUT2D eigenvalue weighted by atomic mass is 16.5. The fourth-order valence-electron chi connectivity index (χ4n) is 1.31. The fraction of sp³-hybridized carbons (Fsp3) is 0.333. The second kappa shape index (κ2) is 6.52. The second-order valence-electron chi connectivity index (χ2n) is 3.70. The molecule has 0 aliphatic rings. The molecule has 0 fully saturated rings. The molecule has 0 spiro atoms. The Morgan fingerprint density at radius 2 is 2.00 bits per heavy atom. The van der Waals surface area contributed by atoms with Gasteiger partial charge in [0.05, 0.1) is 6.42 Å². The molecule has 17 heavy (non-hydrogen) atoms. The predicted octanol–water partition coefficient (Wildman–Crippen LogP) is 1.78. The third kappa shape index (κ3) is 5.55. The van der Waals surface area contributed by atoms with E-state index < -0.39 is 18.1 Å². The second-order valence-corrected chi connectivity index (χ2v) is 3.70. The van der Waals surface area contributed by atoms with Gasteiger partial charge in [-0.3, -0.25) is 4.79 Å². The zero-order chi connectivity index (χ0) is 12.7. The molecule has 0 radical (unpaired) electrons. The number of carbonyl (C=O) groups excluding carboxylic acids is 1. The molecule has 0 aliphatic heterocycles. The molecule has 1 unspecified atom stereocenters. The molecule has 2 N–H and O–H groups in total. The van der Waals surface area contributed by atoms with Crippen LogP contribution in [-0.4, -0.2) is 23.2 Å². The molecule has 0 heterocycles. The lowest BCUT2D eigenvalue weighted by molar-refractivity contribution is -0.145. The van der Waals surface area contributed by atoms with E-state index in [0.29, 0.717) is 0 Å². The summed E-state index contributed by atoms with van der Waals surface area (Å²) in [5.41, 5.74) is 0.902. The Bertz CT molecular complexity index is 377. The Labute approximate surface area is 99.4 Å². The van der Waals surface area contributed by atoms with Crippen LogP contribution in [0.25, 0.3) is 0 Å². The minimum atomic E-state index is -1.15. The first kappa shape index (κ1) is 13.0. The molecular formula is C12H15NO4. The summed E-state index contributed by atoms with van der Waals surface area (Å²) in [6.45, 7) is 1.82. The van der Waals surface area contributed by atoms with Crippen LogP contribution in [0.5, 0.6) is 0 Å². The lowest BCUT2D eigenvalue weighted by Gasteiger charge is -2.10. The maximum absolute atomic E-state index is 11.4. The monoisotopic (exact) mass is 237 g/mol. The van der Waals surface area contributed by atoms with Crippen molar-refractivity contribution in [2.75, 3.05) is 0 Å². The average molecular weight is 237 g/mol. The van der Waals surface area contributed by atoms with Crippen molar-refractivity contribution in [3.8, 4) is 0 Å². The van der Waals surface area contributed by atoms with Gasteiger partial charge in [0.25, 0.3) is 0 Å². The summed E-state index contributed by atoms with van der Waals surface area (Å²) in [5.74, 6) is -0.421. The topological polar surface area (TPSA) is 75.6 Å². The number of rotatable bonds is 5. The van der Waals surface area contributed by atoms with Gasteiger partial charge in [0.15, 0.2) is 0 Å². The van der Waals surface area contributed by atoms with Crippen LogP contribution >= 0.6 is 0 Å². The molecule has 5 nitrogen and oxygen atoms in total. The molecule has 5 heteroatoms. The number of hydrogen-bond donors (Lipinski definition) is 2. The molecular weight excluding hydrogens is 222 g/mol. The first-order chi connectivity index (χ1) is 8.08. The van der Waals surface area contributed by atoms with Crippen molar-refractivity contribution in [1.82, 2.24) is 5.32 Å². The van der Waals surface area contributed by atoms with Gasteiger partial charge in [-0.2, -0.15) is 0 Å². The molecule has 1 atom stereocenters. The molecule has 0 saturated heterocycles. The van der Waals surface area contributed by atoms with Crippen LogP contribution in [0.1, 0.15) is 18.9 Å². The van der Waals surface area contributed by atoms with Crippen LogP contribution in [0.3, 0.4) is 0 Å². The SMILES string of the molecule is CC(CC(=O)OCc1ccccc1)NC(=O)O. The van der Waals surface area contributed by atoms with Crippen LogP contribution in [0.15, 0.2) is 30.3 Å². The van der Waals surface area contributed by atoms with E-state index in [-0.39, 0.29) is 13.0 Å². The number of nitrogens with one attached hydrogen (secondary N) is 1. The van der Waals surface area contributed by atoms with Crippen LogP contribution in [0, 0.1) is 0 Å². The summed E-state index contributed by atoms with van der Waals surface area (Å²) in [7, 11) is 0. The van der Waals surface area contributed by atoms with E-state index in [2.05, 4.69) is 5.32 Å². The normalized spacial score (nSPS) is 11.6. The Hall–Kier alpha value is -2.04. The van der Waals surface area contributed by atoms with Gasteiger partial charge in [0, 0.05) is 6.04 Å². The van der Waals surface area contributed by atoms with Crippen molar-refractivity contribution in [2.45, 2.75) is 26.0 Å². The Balaban J connectivity index is 2.28. The average Bonchev–Trinajstić information content (AvgIpc) is 2.26. The Morgan fingerprint density at radius 1 is 1.35 bits per heavy atom. The van der Waals surface area contributed by atoms with Crippen LogP contribution in [-0.2, 0) is 16.1 Å². The lowest BCUT2D eigenvalue weighted by Crippen LogP contribution is -2.33. The fourth-order valence-corrected chi connectivity index (χ4v) is 1.31. The summed E-state index contributed by atoms with van der Waals surface area (Å²) in [6.07, 6.45) is -1.12. The van der Waals surface area contributed by atoms with E-state index in [9.17, 15) is 9.59 Å². The summed E-state index contributed by atoms with van der Waals surface area (Å²) in [4.78, 5) is 21.7. The van der Waals surface area contributed by atoms with Gasteiger partial charge in [-0.05, 0) is 12.5 Å². The van der Waals surface area contributed by atoms with Crippen molar-refractivity contribution in [3.63, 3.8) is 0 Å². The van der Waals surface area contributed by atoms with E-state index in [4.69, 9.17) is 9.84 Å². The Morgan fingerprint density at radius 3 is 2.59 bits per heavy atom. The quantitative estimate of drug-likeness (QED) is 0.765. The molecule has 0 aliphatic carbocycles. The highest BCUT2D eigenvalue weighted by Gasteiger charge is 2.11. The number of ether oxygens (including phenoxy) is 1. The molecule has 1 amide bonds. The van der Waals surface area contributed by atoms with E-state index in [1.165, 1.54) is 0 Å². The zero-order valence-electron chi connectivity index (χ0n) is 9.55. The smallest absolute Gasteiger partial charge is 0.404 e. The first-order valence-corrected chi connectivity index (χ1v) is 5.27. The van der Waals surface area contributed by atoms with E-state index >= 15 is 0 Å². The van der Waals surface area contributed by atoms with Crippen molar-refractivity contribution >= 4 is 12.1 Å². The van der Waals surface area contributed by atoms with Crippen LogP contribution in [0.2, 0.25) is 0 Å². The molecule has 0 aromatic heterocycles. The summed E-state index contributed by atoms with van der Waals surface area (Å²) in [6, 6.07) is 8.86. The van der Waals surface area contributed by atoms with Crippen molar-refractivity contribution < 1.29 is 19.4 Å². The molecule has 92 valence electrons. The number of amides is 1. The number of carbonyl (C=O) groups is 2. The maximum atomic E-state index is 11.4. The van der Waals surface area contributed by atoms with Gasteiger partial charge >= 0.3 is 12.1 Å². The minimum Gasteiger partial charge on any atom is -0.465 e. The van der Waals surface area contributed by atoms with Crippen molar-refractivity contribution in [2.24, 2.45) is 0 Å². The minimum absolute atomic E-state index is 0.0269. The summed E-state index contributed by atoms with van der Waals surface area (Å²) >= 11 is 0. The number of benzene rings is 1. The van der Waals surface area contributed by atoms with E-state index in [0.717, 1.165) is 5.56 Å². The number of carboxylic acid groups (broad SMARTS) is 1. The summed E-state index contributed by atoms with van der Waals surface area (Å²) in [5, 5.41) is 10.6. The van der Waals surface area contributed by atoms with Gasteiger partial charge in [-0.25, -0.2) is 4.79 Å². The third-order valence-electron chi connectivity index (χ3n) is 2.09. The standard InChI is InChI=1S/C12H15NO4/c1-9(13-12(15)16)7-11(14)17-8-10-5-3-2-4-6-10/h2-6,9,13H,7-8H2,1H3,(H,15,16). The van der Waals surface area contributed by atoms with Gasteiger partial charge in [0.1, 0.15) is 6.61 Å².